The largest absolute Gasteiger partial charge is 0.359 e. The molecule has 3 heterocycles. The Morgan fingerprint density at radius 2 is 1.97 bits per heavy atom. The molecule has 0 amide bonds. The van der Waals surface area contributed by atoms with Crippen molar-refractivity contribution >= 4 is 28.8 Å². The molecule has 0 aliphatic carbocycles. The summed E-state index contributed by atoms with van der Waals surface area (Å²) < 4.78 is 34.2. The SMILES string of the molecule is Fc1cccc(-c2nc3c([nH]2)CN(Cc2cc(-c4ccc(I)cc4)no2)N=C3)c1F. The monoisotopic (exact) mass is 517 g/mol. The Bertz CT molecular complexity index is 1250. The zero-order valence-corrected chi connectivity index (χ0v) is 17.6. The highest BCUT2D eigenvalue weighted by atomic mass is 127. The molecular formula is C21H14F2IN5O. The molecule has 150 valence electrons. The van der Waals surface area contributed by atoms with Crippen LogP contribution < -0.4 is 0 Å². The van der Waals surface area contributed by atoms with Crippen LogP contribution in [0.5, 0.6) is 0 Å². The van der Waals surface area contributed by atoms with Crippen LogP contribution in [-0.4, -0.2) is 26.3 Å². The van der Waals surface area contributed by atoms with Crippen molar-refractivity contribution < 1.29 is 13.3 Å². The van der Waals surface area contributed by atoms with E-state index in [9.17, 15) is 8.78 Å². The minimum Gasteiger partial charge on any atom is -0.359 e. The first-order valence-corrected chi connectivity index (χ1v) is 10.2. The summed E-state index contributed by atoms with van der Waals surface area (Å²) in [5, 5.41) is 10.3. The predicted octanol–water partition coefficient (Wildman–Crippen LogP) is 4.96. The maximum absolute atomic E-state index is 14.1. The Hall–Kier alpha value is -3.08. The van der Waals surface area contributed by atoms with Gasteiger partial charge in [-0.2, -0.15) is 5.10 Å². The molecule has 1 aliphatic heterocycles. The molecule has 1 aliphatic rings. The zero-order chi connectivity index (χ0) is 20.7. The van der Waals surface area contributed by atoms with Gasteiger partial charge in [-0.3, -0.25) is 5.01 Å². The minimum absolute atomic E-state index is 0.0850. The summed E-state index contributed by atoms with van der Waals surface area (Å²) >= 11 is 2.25. The molecule has 5 rings (SSSR count). The molecular weight excluding hydrogens is 503 g/mol. The Labute approximate surface area is 183 Å². The molecule has 2 aromatic heterocycles. The first kappa shape index (κ1) is 18.9. The van der Waals surface area contributed by atoms with E-state index in [2.05, 4.69) is 42.8 Å². The van der Waals surface area contributed by atoms with Crippen LogP contribution in [0.4, 0.5) is 8.78 Å². The van der Waals surface area contributed by atoms with E-state index in [4.69, 9.17) is 4.52 Å². The Morgan fingerprint density at radius 3 is 2.80 bits per heavy atom. The number of aromatic amines is 1. The van der Waals surface area contributed by atoms with E-state index in [0.717, 1.165) is 26.6 Å². The lowest BCUT2D eigenvalue weighted by molar-refractivity contribution is 0.229. The van der Waals surface area contributed by atoms with E-state index >= 15 is 0 Å². The Kier molecular flexibility index (Phi) is 4.81. The molecule has 0 spiro atoms. The van der Waals surface area contributed by atoms with Gasteiger partial charge in [0.15, 0.2) is 17.4 Å². The van der Waals surface area contributed by atoms with Gasteiger partial charge in [0.1, 0.15) is 17.2 Å². The van der Waals surface area contributed by atoms with Crippen molar-refractivity contribution in [3.63, 3.8) is 0 Å². The third-order valence-electron chi connectivity index (χ3n) is 4.74. The third-order valence-corrected chi connectivity index (χ3v) is 5.46. The van der Waals surface area contributed by atoms with Crippen LogP contribution in [0.3, 0.4) is 0 Å². The molecule has 30 heavy (non-hydrogen) atoms. The van der Waals surface area contributed by atoms with Crippen LogP contribution in [0.1, 0.15) is 17.1 Å². The van der Waals surface area contributed by atoms with E-state index in [1.54, 1.807) is 11.2 Å². The molecule has 2 aromatic carbocycles. The summed E-state index contributed by atoms with van der Waals surface area (Å²) in [5.74, 6) is -0.903. The van der Waals surface area contributed by atoms with Gasteiger partial charge in [-0.15, -0.1) is 0 Å². The molecule has 0 saturated heterocycles. The summed E-state index contributed by atoms with van der Waals surface area (Å²) in [6.07, 6.45) is 1.59. The van der Waals surface area contributed by atoms with Crippen LogP contribution >= 0.6 is 22.6 Å². The van der Waals surface area contributed by atoms with Crippen LogP contribution in [0, 0.1) is 15.2 Å². The standard InChI is InChI=1S/C21H14F2IN5O/c22-16-3-1-2-15(20(16)23)21-26-18-9-25-29(11-19(18)27-21)10-14-8-17(28-30-14)12-4-6-13(24)7-5-12/h1-9H,10-11H2,(H,26,27). The highest BCUT2D eigenvalue weighted by Crippen LogP contribution is 2.26. The number of imidazole rings is 1. The normalized spacial score (nSPS) is 13.0. The van der Waals surface area contributed by atoms with Gasteiger partial charge in [0.05, 0.1) is 30.6 Å². The second kappa shape index (κ2) is 7.63. The number of nitrogens with zero attached hydrogens (tertiary/aromatic N) is 4. The lowest BCUT2D eigenvalue weighted by atomic mass is 10.1. The van der Waals surface area contributed by atoms with E-state index in [1.807, 2.05) is 30.3 Å². The number of halogens is 3. The maximum atomic E-state index is 14.1. The number of H-pyrrole nitrogens is 1. The number of benzene rings is 2. The number of aromatic nitrogens is 3. The molecule has 0 radical (unpaired) electrons. The molecule has 6 nitrogen and oxygen atoms in total. The summed E-state index contributed by atoms with van der Waals surface area (Å²) in [4.78, 5) is 7.41. The molecule has 4 aromatic rings. The van der Waals surface area contributed by atoms with E-state index in [-0.39, 0.29) is 11.4 Å². The summed E-state index contributed by atoms with van der Waals surface area (Å²) in [7, 11) is 0. The molecule has 0 saturated carbocycles. The fourth-order valence-corrected chi connectivity index (χ4v) is 3.60. The van der Waals surface area contributed by atoms with Gasteiger partial charge in [0, 0.05) is 15.2 Å². The third kappa shape index (κ3) is 3.60. The lowest BCUT2D eigenvalue weighted by Gasteiger charge is -2.19. The molecule has 9 heteroatoms. The highest BCUT2D eigenvalue weighted by Gasteiger charge is 2.21. The van der Waals surface area contributed by atoms with Gasteiger partial charge < -0.3 is 9.51 Å². The Morgan fingerprint density at radius 1 is 1.13 bits per heavy atom. The number of hydrazone groups is 1. The fraction of sp³-hybridized carbons (Fsp3) is 0.0952. The number of rotatable bonds is 4. The summed E-state index contributed by atoms with van der Waals surface area (Å²) in [6.45, 7) is 0.839. The van der Waals surface area contributed by atoms with Gasteiger partial charge in [0.2, 0.25) is 0 Å². The van der Waals surface area contributed by atoms with Crippen LogP contribution in [0.15, 0.2) is 58.2 Å². The maximum Gasteiger partial charge on any atom is 0.169 e. The lowest BCUT2D eigenvalue weighted by Crippen LogP contribution is -2.21. The molecule has 0 atom stereocenters. The highest BCUT2D eigenvalue weighted by molar-refractivity contribution is 14.1. The Balaban J connectivity index is 1.33. The average molecular weight is 517 g/mol. The summed E-state index contributed by atoms with van der Waals surface area (Å²) in [5.41, 5.74) is 3.18. The number of nitrogens with one attached hydrogen (secondary N) is 1. The van der Waals surface area contributed by atoms with Crippen LogP contribution in [0.25, 0.3) is 22.6 Å². The van der Waals surface area contributed by atoms with Crippen molar-refractivity contribution in [2.45, 2.75) is 13.1 Å². The first-order chi connectivity index (χ1) is 14.6. The molecule has 0 unspecified atom stereocenters. The topological polar surface area (TPSA) is 70.3 Å². The smallest absolute Gasteiger partial charge is 0.169 e. The second-order valence-corrected chi connectivity index (χ2v) is 8.05. The van der Waals surface area contributed by atoms with Crippen LogP contribution in [-0.2, 0) is 13.1 Å². The van der Waals surface area contributed by atoms with Gasteiger partial charge in [-0.25, -0.2) is 13.8 Å². The van der Waals surface area contributed by atoms with Crippen molar-refractivity contribution in [2.24, 2.45) is 5.10 Å². The van der Waals surface area contributed by atoms with Gasteiger partial charge >= 0.3 is 0 Å². The summed E-state index contributed by atoms with van der Waals surface area (Å²) in [6, 6.07) is 13.9. The predicted molar refractivity (Wildman–Crippen MR) is 115 cm³/mol. The van der Waals surface area contributed by atoms with Crippen molar-refractivity contribution in [3.05, 3.63) is 80.9 Å². The quantitative estimate of drug-likeness (QED) is 0.389. The number of hydrogen-bond acceptors (Lipinski definition) is 5. The van der Waals surface area contributed by atoms with Gasteiger partial charge in [-0.05, 0) is 46.9 Å². The molecule has 1 N–H and O–H groups in total. The molecule has 0 bridgehead atoms. The zero-order valence-electron chi connectivity index (χ0n) is 15.4. The van der Waals surface area contributed by atoms with Crippen molar-refractivity contribution in [1.82, 2.24) is 20.1 Å². The van der Waals surface area contributed by atoms with E-state index in [1.165, 1.54) is 12.1 Å². The van der Waals surface area contributed by atoms with Gasteiger partial charge in [-0.1, -0.05) is 23.4 Å². The van der Waals surface area contributed by atoms with Crippen molar-refractivity contribution in [1.29, 1.82) is 0 Å². The fourth-order valence-electron chi connectivity index (χ4n) is 3.24. The van der Waals surface area contributed by atoms with Crippen molar-refractivity contribution in [3.8, 4) is 22.6 Å². The number of hydrogen-bond donors (Lipinski definition) is 1. The number of fused-ring (bicyclic) bond motifs is 1. The van der Waals surface area contributed by atoms with Crippen LogP contribution in [0.2, 0.25) is 0 Å². The molecule has 0 fully saturated rings. The second-order valence-electron chi connectivity index (χ2n) is 6.80. The van der Waals surface area contributed by atoms with E-state index in [0.29, 0.717) is 24.5 Å². The first-order valence-electron chi connectivity index (χ1n) is 9.10. The van der Waals surface area contributed by atoms with Crippen molar-refractivity contribution in [2.75, 3.05) is 0 Å². The minimum atomic E-state index is -0.929. The average Bonchev–Trinajstić information content (AvgIpc) is 3.37. The van der Waals surface area contributed by atoms with E-state index < -0.39 is 11.6 Å². The van der Waals surface area contributed by atoms with Gasteiger partial charge in [0.25, 0.3) is 0 Å².